The summed E-state index contributed by atoms with van der Waals surface area (Å²) in [5, 5.41) is 6.14. The van der Waals surface area contributed by atoms with Gasteiger partial charge in [0.2, 0.25) is 0 Å². The first-order valence-corrected chi connectivity index (χ1v) is 8.14. The Labute approximate surface area is 118 Å². The van der Waals surface area contributed by atoms with Gasteiger partial charge in [-0.25, -0.2) is 0 Å². The van der Waals surface area contributed by atoms with E-state index >= 15 is 0 Å². The predicted octanol–water partition coefficient (Wildman–Crippen LogP) is 3.96. The van der Waals surface area contributed by atoms with Gasteiger partial charge >= 0.3 is 0 Å². The summed E-state index contributed by atoms with van der Waals surface area (Å²) in [7, 11) is 0. The SMILES string of the molecule is c1csc(C(NC2Cc3ccccc3C2)C2CC2)c1. The second-order valence-corrected chi connectivity index (χ2v) is 6.85. The third-order valence-electron chi connectivity index (χ3n) is 4.41. The van der Waals surface area contributed by atoms with Gasteiger partial charge in [-0.15, -0.1) is 11.3 Å². The van der Waals surface area contributed by atoms with Crippen molar-refractivity contribution in [2.24, 2.45) is 5.92 Å². The molecule has 4 rings (SSSR count). The van der Waals surface area contributed by atoms with Crippen LogP contribution in [0.25, 0.3) is 0 Å². The molecule has 2 aromatic rings. The van der Waals surface area contributed by atoms with E-state index in [-0.39, 0.29) is 0 Å². The molecule has 0 amide bonds. The van der Waals surface area contributed by atoms with Gasteiger partial charge in [-0.1, -0.05) is 30.3 Å². The Balaban J connectivity index is 1.50. The summed E-state index contributed by atoms with van der Waals surface area (Å²) in [4.78, 5) is 1.53. The zero-order valence-corrected chi connectivity index (χ0v) is 11.8. The highest BCUT2D eigenvalue weighted by atomic mass is 32.1. The first kappa shape index (κ1) is 11.7. The molecule has 0 aliphatic heterocycles. The minimum Gasteiger partial charge on any atom is -0.306 e. The summed E-state index contributed by atoms with van der Waals surface area (Å²) >= 11 is 1.90. The van der Waals surface area contributed by atoms with E-state index in [2.05, 4.69) is 47.1 Å². The van der Waals surface area contributed by atoms with Gasteiger partial charge in [0.25, 0.3) is 0 Å². The fourth-order valence-electron chi connectivity index (χ4n) is 3.28. The zero-order valence-electron chi connectivity index (χ0n) is 11.0. The van der Waals surface area contributed by atoms with E-state index in [0.29, 0.717) is 12.1 Å². The van der Waals surface area contributed by atoms with Crippen molar-refractivity contribution in [3.63, 3.8) is 0 Å². The fourth-order valence-corrected chi connectivity index (χ4v) is 4.16. The van der Waals surface area contributed by atoms with Crippen LogP contribution in [-0.4, -0.2) is 6.04 Å². The van der Waals surface area contributed by atoms with Gasteiger partial charge in [-0.05, 0) is 54.2 Å². The second-order valence-electron chi connectivity index (χ2n) is 5.87. The molecule has 0 radical (unpaired) electrons. The van der Waals surface area contributed by atoms with Crippen molar-refractivity contribution in [3.8, 4) is 0 Å². The topological polar surface area (TPSA) is 12.0 Å². The van der Waals surface area contributed by atoms with Crippen molar-refractivity contribution in [1.29, 1.82) is 0 Å². The lowest BCUT2D eigenvalue weighted by atomic mass is 10.1. The summed E-state index contributed by atoms with van der Waals surface area (Å²) in [6, 6.07) is 14.6. The van der Waals surface area contributed by atoms with Crippen molar-refractivity contribution >= 4 is 11.3 Å². The lowest BCUT2D eigenvalue weighted by molar-refractivity contribution is 0.415. The third kappa shape index (κ3) is 2.35. The molecular weight excluding hydrogens is 250 g/mol. The number of nitrogens with one attached hydrogen (secondary N) is 1. The van der Waals surface area contributed by atoms with Crippen LogP contribution < -0.4 is 5.32 Å². The number of hydrogen-bond donors (Lipinski definition) is 1. The van der Waals surface area contributed by atoms with Crippen LogP contribution in [-0.2, 0) is 12.8 Å². The molecule has 1 unspecified atom stereocenters. The zero-order chi connectivity index (χ0) is 12.7. The molecule has 1 fully saturated rings. The van der Waals surface area contributed by atoms with Crippen LogP contribution >= 0.6 is 11.3 Å². The average molecular weight is 269 g/mol. The molecule has 0 bridgehead atoms. The smallest absolute Gasteiger partial charge is 0.0445 e. The first-order chi connectivity index (χ1) is 9.40. The minimum atomic E-state index is 0.597. The third-order valence-corrected chi connectivity index (χ3v) is 5.36. The molecule has 1 N–H and O–H groups in total. The van der Waals surface area contributed by atoms with Gasteiger partial charge in [0.1, 0.15) is 0 Å². The minimum absolute atomic E-state index is 0.597. The van der Waals surface area contributed by atoms with E-state index in [1.165, 1.54) is 30.6 Å². The Morgan fingerprint density at radius 3 is 2.32 bits per heavy atom. The molecule has 2 aliphatic carbocycles. The molecule has 1 aromatic carbocycles. The maximum atomic E-state index is 3.94. The lowest BCUT2D eigenvalue weighted by Gasteiger charge is -2.22. The average Bonchev–Trinajstić information content (AvgIpc) is 2.98. The van der Waals surface area contributed by atoms with E-state index in [1.54, 1.807) is 11.1 Å². The van der Waals surface area contributed by atoms with Crippen molar-refractivity contribution < 1.29 is 0 Å². The number of fused-ring (bicyclic) bond motifs is 1. The Morgan fingerprint density at radius 1 is 1.00 bits per heavy atom. The largest absolute Gasteiger partial charge is 0.306 e. The summed E-state index contributed by atoms with van der Waals surface area (Å²) in [6.07, 6.45) is 5.19. The molecule has 0 spiro atoms. The molecule has 19 heavy (non-hydrogen) atoms. The highest BCUT2D eigenvalue weighted by molar-refractivity contribution is 7.10. The van der Waals surface area contributed by atoms with Crippen molar-refractivity contribution in [2.45, 2.75) is 37.8 Å². The van der Waals surface area contributed by atoms with E-state index in [0.717, 1.165) is 5.92 Å². The molecular formula is C17H19NS. The summed E-state index contributed by atoms with van der Waals surface area (Å²) in [6.45, 7) is 0. The molecule has 0 saturated heterocycles. The van der Waals surface area contributed by atoms with Crippen molar-refractivity contribution in [3.05, 3.63) is 57.8 Å². The standard InChI is InChI=1S/C17H19NS/c1-2-5-14-11-15(10-13(14)4-1)18-17(12-7-8-12)16-6-3-9-19-16/h1-6,9,12,15,17-18H,7-8,10-11H2. The molecule has 1 saturated carbocycles. The lowest BCUT2D eigenvalue weighted by Crippen LogP contribution is -2.34. The fraction of sp³-hybridized carbons (Fsp3) is 0.412. The van der Waals surface area contributed by atoms with Gasteiger partial charge in [0.05, 0.1) is 0 Å². The van der Waals surface area contributed by atoms with Gasteiger partial charge in [-0.3, -0.25) is 0 Å². The summed E-state index contributed by atoms with van der Waals surface area (Å²) in [5.41, 5.74) is 3.08. The highest BCUT2D eigenvalue weighted by Gasteiger charge is 2.35. The monoisotopic (exact) mass is 269 g/mol. The number of hydrogen-bond acceptors (Lipinski definition) is 2. The maximum absolute atomic E-state index is 3.94. The molecule has 1 heterocycles. The van der Waals surface area contributed by atoms with Crippen LogP contribution in [0.5, 0.6) is 0 Å². The van der Waals surface area contributed by atoms with E-state index < -0.39 is 0 Å². The highest BCUT2D eigenvalue weighted by Crippen LogP contribution is 2.43. The molecule has 1 atom stereocenters. The Hall–Kier alpha value is -1.12. The first-order valence-electron chi connectivity index (χ1n) is 7.26. The molecule has 2 aliphatic rings. The second kappa shape index (κ2) is 4.77. The van der Waals surface area contributed by atoms with Gasteiger partial charge in [0, 0.05) is 17.0 Å². The Bertz CT molecular complexity index is 531. The van der Waals surface area contributed by atoms with Crippen LogP contribution in [0.3, 0.4) is 0 Å². The molecule has 98 valence electrons. The van der Waals surface area contributed by atoms with E-state index in [4.69, 9.17) is 0 Å². The molecule has 1 aromatic heterocycles. The maximum Gasteiger partial charge on any atom is 0.0445 e. The summed E-state index contributed by atoms with van der Waals surface area (Å²) < 4.78 is 0. The van der Waals surface area contributed by atoms with Crippen LogP contribution in [0.15, 0.2) is 41.8 Å². The van der Waals surface area contributed by atoms with E-state index in [9.17, 15) is 0 Å². The van der Waals surface area contributed by atoms with Crippen LogP contribution in [0.4, 0.5) is 0 Å². The van der Waals surface area contributed by atoms with Crippen molar-refractivity contribution in [2.75, 3.05) is 0 Å². The number of thiophene rings is 1. The van der Waals surface area contributed by atoms with Crippen LogP contribution in [0, 0.1) is 5.92 Å². The molecule has 2 heteroatoms. The van der Waals surface area contributed by atoms with Gasteiger partial charge in [0.15, 0.2) is 0 Å². The Morgan fingerprint density at radius 2 is 1.74 bits per heavy atom. The van der Waals surface area contributed by atoms with Gasteiger partial charge in [-0.2, -0.15) is 0 Å². The number of benzene rings is 1. The predicted molar refractivity (Wildman–Crippen MR) is 80.6 cm³/mol. The Kier molecular flexibility index (Phi) is 2.93. The van der Waals surface area contributed by atoms with Gasteiger partial charge < -0.3 is 5.32 Å². The quantitative estimate of drug-likeness (QED) is 0.886. The normalized spacial score (nSPS) is 20.4. The van der Waals surface area contributed by atoms with Crippen LogP contribution in [0.1, 0.15) is 34.9 Å². The van der Waals surface area contributed by atoms with Crippen molar-refractivity contribution in [1.82, 2.24) is 5.32 Å². The number of rotatable bonds is 4. The van der Waals surface area contributed by atoms with Crippen LogP contribution in [0.2, 0.25) is 0 Å². The summed E-state index contributed by atoms with van der Waals surface area (Å²) in [5.74, 6) is 0.877. The van der Waals surface area contributed by atoms with E-state index in [1.807, 2.05) is 11.3 Å². The molecule has 1 nitrogen and oxygen atoms in total.